The number of nitriles is 1. The number of nitrogens with zero attached hydrogens (tertiary/aromatic N) is 4. The van der Waals surface area contributed by atoms with E-state index in [2.05, 4.69) is 21.6 Å². The summed E-state index contributed by atoms with van der Waals surface area (Å²) in [4.78, 5) is 19.0. The molecule has 9 heteroatoms. The van der Waals surface area contributed by atoms with E-state index >= 15 is 0 Å². The van der Waals surface area contributed by atoms with E-state index in [1.54, 1.807) is 30.3 Å². The van der Waals surface area contributed by atoms with Crippen LogP contribution in [0.25, 0.3) is 11.0 Å². The summed E-state index contributed by atoms with van der Waals surface area (Å²) in [6.45, 7) is 4.14. The van der Waals surface area contributed by atoms with E-state index in [0.717, 1.165) is 55.8 Å². The lowest BCUT2D eigenvalue weighted by atomic mass is 9.87. The number of carboxylic acid groups (broad SMARTS) is 1. The molecule has 3 fully saturated rings. The van der Waals surface area contributed by atoms with Crippen molar-refractivity contribution in [1.82, 2.24) is 14.5 Å². The maximum absolute atomic E-state index is 14.3. The molecule has 1 aromatic heterocycles. The maximum atomic E-state index is 14.3. The second-order valence-electron chi connectivity index (χ2n) is 11.7. The van der Waals surface area contributed by atoms with E-state index in [1.165, 1.54) is 11.6 Å². The van der Waals surface area contributed by atoms with Gasteiger partial charge >= 0.3 is 5.97 Å². The highest BCUT2D eigenvalue weighted by Gasteiger charge is 2.57. The summed E-state index contributed by atoms with van der Waals surface area (Å²) in [6.07, 6.45) is 3.28. The van der Waals surface area contributed by atoms with Crippen LogP contribution in [0.5, 0.6) is 5.75 Å². The lowest BCUT2D eigenvalue weighted by Gasteiger charge is -2.32. The number of carbonyl (C=O) groups is 1. The number of benzene rings is 3. The van der Waals surface area contributed by atoms with Crippen molar-refractivity contribution in [3.8, 4) is 11.8 Å². The van der Waals surface area contributed by atoms with E-state index in [9.17, 15) is 14.3 Å². The average molecular weight is 567 g/mol. The molecule has 0 radical (unpaired) electrons. The van der Waals surface area contributed by atoms with Gasteiger partial charge in [0.2, 0.25) is 0 Å². The van der Waals surface area contributed by atoms with Crippen molar-refractivity contribution in [2.75, 3.05) is 19.7 Å². The third kappa shape index (κ3) is 4.91. The van der Waals surface area contributed by atoms with E-state index in [0.29, 0.717) is 35.9 Å². The molecule has 8 nitrogen and oxygen atoms in total. The number of ether oxygens (including phenoxy) is 2. The number of fused-ring (bicyclic) bond motifs is 2. The van der Waals surface area contributed by atoms with Crippen molar-refractivity contribution in [1.29, 1.82) is 5.26 Å². The maximum Gasteiger partial charge on any atom is 0.335 e. The van der Waals surface area contributed by atoms with Gasteiger partial charge in [-0.05, 0) is 79.8 Å². The SMILES string of the molecule is N#Cc1ccc(COc2cccc(C34CCN(Cc5nc6ccc(C(=O)O)cc6n5C[C@@H]5CCO5)CC3C4)c2)c(F)c1. The Balaban J connectivity index is 1.04. The van der Waals surface area contributed by atoms with Crippen LogP contribution in [0, 0.1) is 23.1 Å². The van der Waals surface area contributed by atoms with Gasteiger partial charge in [-0.15, -0.1) is 0 Å². The largest absolute Gasteiger partial charge is 0.489 e. The Morgan fingerprint density at radius 2 is 2.10 bits per heavy atom. The van der Waals surface area contributed by atoms with Gasteiger partial charge in [0.25, 0.3) is 0 Å². The predicted octanol–water partition coefficient (Wildman–Crippen LogP) is 5.28. The number of aromatic carboxylic acids is 1. The van der Waals surface area contributed by atoms with E-state index in [4.69, 9.17) is 19.7 Å². The molecule has 2 unspecified atom stereocenters. The van der Waals surface area contributed by atoms with Crippen molar-refractivity contribution >= 4 is 17.0 Å². The van der Waals surface area contributed by atoms with Crippen LogP contribution in [0.4, 0.5) is 4.39 Å². The summed E-state index contributed by atoms with van der Waals surface area (Å²) in [5.74, 6) is 0.814. The van der Waals surface area contributed by atoms with Crippen molar-refractivity contribution < 1.29 is 23.8 Å². The van der Waals surface area contributed by atoms with Crippen LogP contribution in [0.3, 0.4) is 0 Å². The summed E-state index contributed by atoms with van der Waals surface area (Å²) in [5.41, 5.74) is 4.02. The third-order valence-electron chi connectivity index (χ3n) is 9.19. The highest BCUT2D eigenvalue weighted by molar-refractivity contribution is 5.92. The van der Waals surface area contributed by atoms with Gasteiger partial charge in [-0.25, -0.2) is 14.2 Å². The number of hydrogen-bond donors (Lipinski definition) is 1. The normalized spacial score (nSPS) is 23.1. The number of hydrogen-bond acceptors (Lipinski definition) is 6. The Morgan fingerprint density at radius 3 is 2.83 bits per heavy atom. The van der Waals surface area contributed by atoms with Crippen molar-refractivity contribution in [3.63, 3.8) is 0 Å². The van der Waals surface area contributed by atoms with Crippen LogP contribution in [-0.4, -0.2) is 51.3 Å². The summed E-state index contributed by atoms with van der Waals surface area (Å²) in [5, 5.41) is 18.5. The van der Waals surface area contributed by atoms with Crippen molar-refractivity contribution in [2.24, 2.45) is 5.92 Å². The van der Waals surface area contributed by atoms with Gasteiger partial charge in [0.1, 0.15) is 24.0 Å². The molecule has 1 N–H and O–H groups in total. The Kier molecular flexibility index (Phi) is 6.68. The number of carboxylic acids is 1. The fraction of sp³-hybridized carbons (Fsp3) is 0.364. The lowest BCUT2D eigenvalue weighted by Crippen LogP contribution is -2.37. The van der Waals surface area contributed by atoms with Crippen LogP contribution in [0.2, 0.25) is 0 Å². The van der Waals surface area contributed by atoms with Crippen LogP contribution in [0.15, 0.2) is 60.7 Å². The zero-order valence-electron chi connectivity index (χ0n) is 23.1. The zero-order valence-corrected chi connectivity index (χ0v) is 23.1. The number of rotatable bonds is 9. The van der Waals surface area contributed by atoms with Crippen molar-refractivity contribution in [2.45, 2.75) is 50.5 Å². The van der Waals surface area contributed by atoms with Gasteiger partial charge in [0.05, 0.1) is 47.4 Å². The molecule has 0 spiro atoms. The first kappa shape index (κ1) is 26.6. The van der Waals surface area contributed by atoms with Gasteiger partial charge in [-0.2, -0.15) is 5.26 Å². The molecular weight excluding hydrogens is 535 g/mol. The molecule has 1 saturated carbocycles. The Hall–Kier alpha value is -4.26. The fourth-order valence-corrected chi connectivity index (χ4v) is 6.58. The first-order valence-electron chi connectivity index (χ1n) is 14.4. The fourth-order valence-electron chi connectivity index (χ4n) is 6.58. The highest BCUT2D eigenvalue weighted by atomic mass is 19.1. The molecule has 7 rings (SSSR count). The van der Waals surface area contributed by atoms with Gasteiger partial charge in [0, 0.05) is 24.1 Å². The molecule has 4 aromatic rings. The first-order valence-corrected chi connectivity index (χ1v) is 14.4. The predicted molar refractivity (Wildman–Crippen MR) is 153 cm³/mol. The zero-order chi connectivity index (χ0) is 28.8. The summed E-state index contributed by atoms with van der Waals surface area (Å²) >= 11 is 0. The molecule has 42 heavy (non-hydrogen) atoms. The topological polar surface area (TPSA) is 101 Å². The van der Waals surface area contributed by atoms with E-state index in [1.807, 2.05) is 18.2 Å². The number of likely N-dealkylation sites (tertiary alicyclic amines) is 1. The summed E-state index contributed by atoms with van der Waals surface area (Å²) in [6, 6.07) is 19.7. The molecule has 3 aromatic carbocycles. The quantitative estimate of drug-likeness (QED) is 0.294. The number of piperidine rings is 1. The lowest BCUT2D eigenvalue weighted by molar-refractivity contribution is -0.0592. The minimum absolute atomic E-state index is 0.103. The molecule has 3 atom stereocenters. The molecular formula is C33H31FN4O4. The summed E-state index contributed by atoms with van der Waals surface area (Å²) in [7, 11) is 0. The second-order valence-corrected chi connectivity index (χ2v) is 11.7. The van der Waals surface area contributed by atoms with E-state index < -0.39 is 11.8 Å². The first-order chi connectivity index (χ1) is 20.4. The van der Waals surface area contributed by atoms with Gasteiger partial charge in [0.15, 0.2) is 0 Å². The molecule has 2 saturated heterocycles. The molecule has 2 aliphatic heterocycles. The summed E-state index contributed by atoms with van der Waals surface area (Å²) < 4.78 is 28.1. The highest BCUT2D eigenvalue weighted by Crippen LogP contribution is 2.59. The Morgan fingerprint density at radius 1 is 1.21 bits per heavy atom. The van der Waals surface area contributed by atoms with Crippen LogP contribution in [0.1, 0.15) is 52.1 Å². The molecule has 214 valence electrons. The van der Waals surface area contributed by atoms with Crippen LogP contribution >= 0.6 is 0 Å². The molecule has 3 aliphatic rings. The smallest absolute Gasteiger partial charge is 0.335 e. The van der Waals surface area contributed by atoms with Gasteiger partial charge in [-0.3, -0.25) is 4.90 Å². The molecule has 1 aliphatic carbocycles. The second kappa shape index (κ2) is 10.5. The van der Waals surface area contributed by atoms with Gasteiger partial charge in [-0.1, -0.05) is 18.2 Å². The van der Waals surface area contributed by atoms with Gasteiger partial charge < -0.3 is 19.1 Å². The van der Waals surface area contributed by atoms with Crippen molar-refractivity contribution in [3.05, 3.63) is 94.6 Å². The third-order valence-corrected chi connectivity index (χ3v) is 9.19. The van der Waals surface area contributed by atoms with Crippen LogP contribution < -0.4 is 4.74 Å². The number of imidazole rings is 1. The minimum Gasteiger partial charge on any atom is -0.489 e. The standard InChI is InChI=1S/C33H31FN4O4/c34-28-12-21(16-35)4-5-23(28)20-42-26-3-1-2-24(14-26)33-9-10-37(17-25(33)15-33)19-31-36-29-7-6-22(32(39)40)13-30(29)38(31)18-27-8-11-41-27/h1-7,12-14,25,27H,8-11,15,17-20H2,(H,39,40)/t25?,27-,33?/m0/s1. The van der Waals surface area contributed by atoms with Crippen LogP contribution in [-0.2, 0) is 29.8 Å². The average Bonchev–Trinajstić information content (AvgIpc) is 3.62. The molecule has 3 heterocycles. The molecule has 0 amide bonds. The Bertz CT molecular complexity index is 1730. The molecule has 0 bridgehead atoms. The Labute approximate surface area is 242 Å². The minimum atomic E-state index is -0.942. The monoisotopic (exact) mass is 566 g/mol. The number of aromatic nitrogens is 2. The van der Waals surface area contributed by atoms with E-state index in [-0.39, 0.29) is 23.7 Å². The number of halogens is 1.